The number of methoxy groups -OCH3 is 1. The topological polar surface area (TPSA) is 63.9 Å². The summed E-state index contributed by atoms with van der Waals surface area (Å²) < 4.78 is 15.9. The molecule has 6 nitrogen and oxygen atoms in total. The molecule has 0 radical (unpaired) electrons. The van der Waals surface area contributed by atoms with Crippen LogP contribution in [0.3, 0.4) is 0 Å². The Morgan fingerprint density at radius 1 is 1.22 bits per heavy atom. The zero-order chi connectivity index (χ0) is 16.7. The first-order valence-corrected chi connectivity index (χ1v) is 7.33. The van der Waals surface area contributed by atoms with Crippen LogP contribution < -0.4 is 14.8 Å². The molecule has 2 aromatic rings. The Kier molecular flexibility index (Phi) is 6.05. The molecule has 0 spiro atoms. The predicted octanol–water partition coefficient (Wildman–Crippen LogP) is 2.09. The van der Waals surface area contributed by atoms with Gasteiger partial charge in [0.25, 0.3) is 5.91 Å². The Bertz CT molecular complexity index is 594. The number of benzene rings is 1. The van der Waals surface area contributed by atoms with E-state index in [1.165, 1.54) is 0 Å². The molecule has 0 saturated carbocycles. The molecule has 23 heavy (non-hydrogen) atoms. The molecule has 0 saturated heterocycles. The molecular weight excluding hydrogens is 296 g/mol. The molecule has 0 bridgehead atoms. The van der Waals surface area contributed by atoms with E-state index in [1.54, 1.807) is 37.6 Å². The van der Waals surface area contributed by atoms with E-state index in [0.29, 0.717) is 12.3 Å². The summed E-state index contributed by atoms with van der Waals surface area (Å²) in [6.07, 6.45) is 1.63. The standard InChI is InChI=1S/C17H22N2O4/c1-19(2)15(16-5-4-10-22-16)11-18-17(20)12-23-14-8-6-13(21-3)7-9-14/h4-10,15H,11-12H2,1-3H3,(H,18,20). The monoisotopic (exact) mass is 318 g/mol. The summed E-state index contributed by atoms with van der Waals surface area (Å²) >= 11 is 0. The highest BCUT2D eigenvalue weighted by Crippen LogP contribution is 2.18. The van der Waals surface area contributed by atoms with Crippen LogP contribution in [-0.4, -0.2) is 45.2 Å². The number of likely N-dealkylation sites (N-methyl/N-ethyl adjacent to an activating group) is 1. The lowest BCUT2D eigenvalue weighted by Crippen LogP contribution is -2.36. The fourth-order valence-corrected chi connectivity index (χ4v) is 2.10. The second-order valence-electron chi connectivity index (χ2n) is 5.26. The minimum atomic E-state index is -0.181. The summed E-state index contributed by atoms with van der Waals surface area (Å²) in [5.74, 6) is 2.00. The number of carbonyl (C=O) groups excluding carboxylic acids is 1. The number of carbonyl (C=O) groups is 1. The van der Waals surface area contributed by atoms with Gasteiger partial charge in [-0.1, -0.05) is 0 Å². The lowest BCUT2D eigenvalue weighted by Gasteiger charge is -2.22. The summed E-state index contributed by atoms with van der Waals surface area (Å²) in [6.45, 7) is 0.413. The van der Waals surface area contributed by atoms with Crippen molar-refractivity contribution < 1.29 is 18.7 Å². The van der Waals surface area contributed by atoms with Crippen molar-refractivity contribution >= 4 is 5.91 Å². The molecular formula is C17H22N2O4. The van der Waals surface area contributed by atoms with Gasteiger partial charge < -0.3 is 19.2 Å². The second-order valence-corrected chi connectivity index (χ2v) is 5.26. The average molecular weight is 318 g/mol. The number of rotatable bonds is 8. The maximum absolute atomic E-state index is 11.9. The summed E-state index contributed by atoms with van der Waals surface area (Å²) in [4.78, 5) is 13.9. The quantitative estimate of drug-likeness (QED) is 0.807. The SMILES string of the molecule is COc1ccc(OCC(=O)NCC(c2ccco2)N(C)C)cc1. The van der Waals surface area contributed by atoms with Gasteiger partial charge >= 0.3 is 0 Å². The molecule has 1 atom stereocenters. The van der Waals surface area contributed by atoms with Crippen LogP contribution in [0.25, 0.3) is 0 Å². The number of hydrogen-bond acceptors (Lipinski definition) is 5. The smallest absolute Gasteiger partial charge is 0.258 e. The first-order chi connectivity index (χ1) is 11.1. The molecule has 1 unspecified atom stereocenters. The van der Waals surface area contributed by atoms with Crippen molar-refractivity contribution in [2.75, 3.05) is 34.4 Å². The van der Waals surface area contributed by atoms with Crippen LogP contribution in [0.5, 0.6) is 11.5 Å². The molecule has 0 fully saturated rings. The first kappa shape index (κ1) is 16.9. The number of nitrogens with one attached hydrogen (secondary N) is 1. The van der Waals surface area contributed by atoms with Gasteiger partial charge in [-0.25, -0.2) is 0 Å². The highest BCUT2D eigenvalue weighted by molar-refractivity contribution is 5.77. The zero-order valence-corrected chi connectivity index (χ0v) is 13.6. The van der Waals surface area contributed by atoms with Gasteiger partial charge in [0.05, 0.1) is 19.4 Å². The van der Waals surface area contributed by atoms with E-state index in [2.05, 4.69) is 5.32 Å². The second kappa shape index (κ2) is 8.24. The predicted molar refractivity (Wildman–Crippen MR) is 86.6 cm³/mol. The van der Waals surface area contributed by atoms with Crippen molar-refractivity contribution in [2.24, 2.45) is 0 Å². The number of ether oxygens (including phenoxy) is 2. The first-order valence-electron chi connectivity index (χ1n) is 7.33. The fraction of sp³-hybridized carbons (Fsp3) is 0.353. The van der Waals surface area contributed by atoms with Gasteiger partial charge in [-0.15, -0.1) is 0 Å². The molecule has 124 valence electrons. The van der Waals surface area contributed by atoms with Crippen LogP contribution >= 0.6 is 0 Å². The number of hydrogen-bond donors (Lipinski definition) is 1. The van der Waals surface area contributed by atoms with Gasteiger partial charge in [-0.3, -0.25) is 9.69 Å². The van der Waals surface area contributed by atoms with Crippen LogP contribution in [0, 0.1) is 0 Å². The summed E-state index contributed by atoms with van der Waals surface area (Å²) in [5, 5.41) is 2.85. The Morgan fingerprint density at radius 2 is 1.91 bits per heavy atom. The zero-order valence-electron chi connectivity index (χ0n) is 13.6. The van der Waals surface area contributed by atoms with E-state index in [1.807, 2.05) is 31.1 Å². The van der Waals surface area contributed by atoms with Crippen molar-refractivity contribution in [1.82, 2.24) is 10.2 Å². The third-order valence-corrected chi connectivity index (χ3v) is 3.42. The molecule has 2 rings (SSSR count). The van der Waals surface area contributed by atoms with E-state index in [9.17, 15) is 4.79 Å². The van der Waals surface area contributed by atoms with E-state index in [-0.39, 0.29) is 18.6 Å². The van der Waals surface area contributed by atoms with E-state index in [4.69, 9.17) is 13.9 Å². The van der Waals surface area contributed by atoms with Gasteiger partial charge in [0.15, 0.2) is 6.61 Å². The molecule has 1 aromatic heterocycles. The normalized spacial score (nSPS) is 12.0. The molecule has 1 aromatic carbocycles. The summed E-state index contributed by atoms with van der Waals surface area (Å²) in [6, 6.07) is 10.8. The Balaban J connectivity index is 1.79. The number of amides is 1. The van der Waals surface area contributed by atoms with Crippen LogP contribution in [0.2, 0.25) is 0 Å². The summed E-state index contributed by atoms with van der Waals surface area (Å²) in [7, 11) is 5.48. The molecule has 1 amide bonds. The molecule has 6 heteroatoms. The van der Waals surface area contributed by atoms with Gasteiger partial charge in [-0.2, -0.15) is 0 Å². The lowest BCUT2D eigenvalue weighted by molar-refractivity contribution is -0.123. The molecule has 0 aliphatic carbocycles. The average Bonchev–Trinajstić information content (AvgIpc) is 3.07. The van der Waals surface area contributed by atoms with Crippen LogP contribution in [-0.2, 0) is 4.79 Å². The Morgan fingerprint density at radius 3 is 2.48 bits per heavy atom. The Labute approximate surface area is 136 Å². The van der Waals surface area contributed by atoms with E-state index < -0.39 is 0 Å². The van der Waals surface area contributed by atoms with Crippen molar-refractivity contribution in [1.29, 1.82) is 0 Å². The Hall–Kier alpha value is -2.47. The van der Waals surface area contributed by atoms with Crippen molar-refractivity contribution in [3.05, 3.63) is 48.4 Å². The van der Waals surface area contributed by atoms with Gasteiger partial charge in [0, 0.05) is 6.54 Å². The molecule has 0 aliphatic rings. The van der Waals surface area contributed by atoms with E-state index >= 15 is 0 Å². The highest BCUT2D eigenvalue weighted by atomic mass is 16.5. The van der Waals surface area contributed by atoms with Crippen molar-refractivity contribution in [3.63, 3.8) is 0 Å². The van der Waals surface area contributed by atoms with Gasteiger partial charge in [-0.05, 0) is 50.5 Å². The summed E-state index contributed by atoms with van der Waals surface area (Å²) in [5.41, 5.74) is 0. The van der Waals surface area contributed by atoms with Gasteiger partial charge in [0.2, 0.25) is 0 Å². The minimum absolute atomic E-state index is 0.0186. The van der Waals surface area contributed by atoms with Crippen LogP contribution in [0.4, 0.5) is 0 Å². The minimum Gasteiger partial charge on any atom is -0.497 e. The van der Waals surface area contributed by atoms with E-state index in [0.717, 1.165) is 11.5 Å². The number of furan rings is 1. The largest absolute Gasteiger partial charge is 0.497 e. The molecule has 1 N–H and O–H groups in total. The molecule has 1 heterocycles. The third kappa shape index (κ3) is 5.03. The van der Waals surface area contributed by atoms with Crippen LogP contribution in [0.15, 0.2) is 47.1 Å². The third-order valence-electron chi connectivity index (χ3n) is 3.42. The number of nitrogens with zero attached hydrogens (tertiary/aromatic N) is 1. The van der Waals surface area contributed by atoms with Crippen LogP contribution in [0.1, 0.15) is 11.8 Å². The van der Waals surface area contributed by atoms with Crippen molar-refractivity contribution in [2.45, 2.75) is 6.04 Å². The highest BCUT2D eigenvalue weighted by Gasteiger charge is 2.17. The molecule has 0 aliphatic heterocycles. The fourth-order valence-electron chi connectivity index (χ4n) is 2.10. The maximum Gasteiger partial charge on any atom is 0.258 e. The lowest BCUT2D eigenvalue weighted by atomic mass is 10.2. The maximum atomic E-state index is 11.9. The van der Waals surface area contributed by atoms with Gasteiger partial charge in [0.1, 0.15) is 17.3 Å². The van der Waals surface area contributed by atoms with Crippen molar-refractivity contribution in [3.8, 4) is 11.5 Å².